The zero-order chi connectivity index (χ0) is 15.2. The highest BCUT2D eigenvalue weighted by Crippen LogP contribution is 2.22. The van der Waals surface area contributed by atoms with Crippen LogP contribution in [0.15, 0.2) is 42.5 Å². The number of ether oxygens (including phenoxy) is 1. The molecule has 1 N–H and O–H groups in total. The molecular weight excluding hydrogens is 289 g/mol. The van der Waals surface area contributed by atoms with Crippen molar-refractivity contribution in [2.75, 3.05) is 13.2 Å². The highest BCUT2D eigenvalue weighted by atomic mass is 35.5. The van der Waals surface area contributed by atoms with Gasteiger partial charge in [-0.15, -0.1) is 0 Å². The van der Waals surface area contributed by atoms with Gasteiger partial charge in [-0.25, -0.2) is 4.39 Å². The predicted molar refractivity (Wildman–Crippen MR) is 84.5 cm³/mol. The van der Waals surface area contributed by atoms with Gasteiger partial charge < -0.3 is 10.1 Å². The summed E-state index contributed by atoms with van der Waals surface area (Å²) in [6.45, 7) is 5.01. The molecule has 0 aliphatic carbocycles. The van der Waals surface area contributed by atoms with Crippen LogP contribution in [0.5, 0.6) is 5.75 Å². The summed E-state index contributed by atoms with van der Waals surface area (Å²) < 4.78 is 19.8. The summed E-state index contributed by atoms with van der Waals surface area (Å²) in [5, 5.41) is 3.87. The monoisotopic (exact) mass is 307 g/mol. The van der Waals surface area contributed by atoms with Gasteiger partial charge in [0, 0.05) is 10.6 Å². The number of benzene rings is 2. The van der Waals surface area contributed by atoms with Gasteiger partial charge in [-0.05, 0) is 37.7 Å². The summed E-state index contributed by atoms with van der Waals surface area (Å²) >= 11 is 5.93. The van der Waals surface area contributed by atoms with E-state index >= 15 is 0 Å². The Morgan fingerprint density at radius 1 is 1.24 bits per heavy atom. The summed E-state index contributed by atoms with van der Waals surface area (Å²) in [6.07, 6.45) is 0. The lowest BCUT2D eigenvalue weighted by Crippen LogP contribution is -2.27. The molecule has 0 heterocycles. The summed E-state index contributed by atoms with van der Waals surface area (Å²) in [5.74, 6) is 0.458. The molecule has 0 aliphatic heterocycles. The van der Waals surface area contributed by atoms with Crippen LogP contribution in [0.4, 0.5) is 4.39 Å². The first-order valence-electron chi connectivity index (χ1n) is 6.98. The minimum absolute atomic E-state index is 0.200. The molecule has 0 spiro atoms. The number of rotatable bonds is 6. The van der Waals surface area contributed by atoms with Crippen LogP contribution in [0.1, 0.15) is 24.1 Å². The molecule has 1 atom stereocenters. The fraction of sp³-hybridized carbons (Fsp3) is 0.294. The van der Waals surface area contributed by atoms with Gasteiger partial charge in [0.15, 0.2) is 0 Å². The molecule has 0 saturated heterocycles. The molecule has 2 rings (SSSR count). The van der Waals surface area contributed by atoms with E-state index in [-0.39, 0.29) is 11.9 Å². The number of hydrogen-bond acceptors (Lipinski definition) is 2. The second kappa shape index (κ2) is 7.43. The van der Waals surface area contributed by atoms with Crippen LogP contribution < -0.4 is 10.1 Å². The maximum atomic E-state index is 14.0. The predicted octanol–water partition coefficient (Wildman–Crippen LogP) is 4.52. The molecule has 2 aromatic carbocycles. The molecule has 0 aromatic heterocycles. The first kappa shape index (κ1) is 15.8. The second-order valence-corrected chi connectivity index (χ2v) is 5.34. The van der Waals surface area contributed by atoms with E-state index in [4.69, 9.17) is 16.3 Å². The topological polar surface area (TPSA) is 21.3 Å². The van der Waals surface area contributed by atoms with E-state index in [1.165, 1.54) is 6.07 Å². The average molecular weight is 308 g/mol. The van der Waals surface area contributed by atoms with E-state index < -0.39 is 0 Å². The van der Waals surface area contributed by atoms with E-state index in [2.05, 4.69) is 5.32 Å². The summed E-state index contributed by atoms with van der Waals surface area (Å²) in [7, 11) is 0. The van der Waals surface area contributed by atoms with Gasteiger partial charge in [-0.2, -0.15) is 0 Å². The van der Waals surface area contributed by atoms with E-state index in [9.17, 15) is 4.39 Å². The highest BCUT2D eigenvalue weighted by Gasteiger charge is 2.16. The molecule has 1 unspecified atom stereocenters. The van der Waals surface area contributed by atoms with Crippen LogP contribution in [-0.2, 0) is 0 Å². The van der Waals surface area contributed by atoms with Crippen LogP contribution >= 0.6 is 11.6 Å². The van der Waals surface area contributed by atoms with Gasteiger partial charge in [-0.3, -0.25) is 0 Å². The molecule has 0 fully saturated rings. The van der Waals surface area contributed by atoms with Gasteiger partial charge in [-0.1, -0.05) is 42.3 Å². The van der Waals surface area contributed by atoms with Crippen LogP contribution in [0, 0.1) is 12.7 Å². The Kier molecular flexibility index (Phi) is 5.59. The number of nitrogens with one attached hydrogen (secondary N) is 1. The standard InChI is InChI=1S/C17H19ClFNO/c1-3-20-17(15-9-12(2)7-8-16(15)19)11-21-14-6-4-5-13(18)10-14/h4-10,17,20H,3,11H2,1-2H3. The lowest BCUT2D eigenvalue weighted by Gasteiger charge is -2.20. The van der Waals surface area contributed by atoms with Crippen molar-refractivity contribution in [3.05, 3.63) is 64.4 Å². The molecule has 21 heavy (non-hydrogen) atoms. The Balaban J connectivity index is 2.13. The van der Waals surface area contributed by atoms with Gasteiger partial charge in [0.05, 0.1) is 6.04 Å². The van der Waals surface area contributed by atoms with E-state index in [1.54, 1.807) is 18.2 Å². The molecule has 0 aliphatic rings. The third kappa shape index (κ3) is 4.45. The Bertz CT molecular complexity index is 603. The first-order chi connectivity index (χ1) is 10.1. The molecule has 112 valence electrons. The fourth-order valence-corrected chi connectivity index (χ4v) is 2.35. The minimum Gasteiger partial charge on any atom is -0.492 e. The smallest absolute Gasteiger partial charge is 0.128 e. The zero-order valence-corrected chi connectivity index (χ0v) is 13.0. The van der Waals surface area contributed by atoms with Crippen molar-refractivity contribution in [1.82, 2.24) is 5.32 Å². The lowest BCUT2D eigenvalue weighted by molar-refractivity contribution is 0.265. The molecule has 2 aromatic rings. The fourth-order valence-electron chi connectivity index (χ4n) is 2.17. The van der Waals surface area contributed by atoms with Crippen molar-refractivity contribution < 1.29 is 9.13 Å². The second-order valence-electron chi connectivity index (χ2n) is 4.90. The van der Waals surface area contributed by atoms with Crippen molar-refractivity contribution in [3.63, 3.8) is 0 Å². The van der Waals surface area contributed by atoms with E-state index in [0.717, 1.165) is 12.1 Å². The third-order valence-electron chi connectivity index (χ3n) is 3.19. The minimum atomic E-state index is -0.221. The van der Waals surface area contributed by atoms with Crippen LogP contribution in [0.25, 0.3) is 0 Å². The summed E-state index contributed by atoms with van der Waals surface area (Å²) in [4.78, 5) is 0. The molecule has 4 heteroatoms. The van der Waals surface area contributed by atoms with Crippen molar-refractivity contribution in [2.24, 2.45) is 0 Å². The van der Waals surface area contributed by atoms with Crippen LogP contribution in [-0.4, -0.2) is 13.2 Å². The largest absolute Gasteiger partial charge is 0.492 e. The Labute approximate surface area is 129 Å². The normalized spacial score (nSPS) is 12.2. The first-order valence-corrected chi connectivity index (χ1v) is 7.35. The highest BCUT2D eigenvalue weighted by molar-refractivity contribution is 6.30. The van der Waals surface area contributed by atoms with Gasteiger partial charge in [0.2, 0.25) is 0 Å². The summed E-state index contributed by atoms with van der Waals surface area (Å²) in [5.41, 5.74) is 1.65. The van der Waals surface area contributed by atoms with Gasteiger partial charge >= 0.3 is 0 Å². The van der Waals surface area contributed by atoms with Gasteiger partial charge in [0.25, 0.3) is 0 Å². The SMILES string of the molecule is CCNC(COc1cccc(Cl)c1)c1cc(C)ccc1F. The maximum absolute atomic E-state index is 14.0. The van der Waals surface area contributed by atoms with Crippen molar-refractivity contribution in [3.8, 4) is 5.75 Å². The van der Waals surface area contributed by atoms with Crippen molar-refractivity contribution in [1.29, 1.82) is 0 Å². The van der Waals surface area contributed by atoms with E-state index in [0.29, 0.717) is 22.9 Å². The number of likely N-dealkylation sites (N-methyl/N-ethyl adjacent to an activating group) is 1. The van der Waals surface area contributed by atoms with Gasteiger partial charge in [0.1, 0.15) is 18.2 Å². The van der Waals surface area contributed by atoms with Crippen LogP contribution in [0.2, 0.25) is 5.02 Å². The van der Waals surface area contributed by atoms with Crippen molar-refractivity contribution in [2.45, 2.75) is 19.9 Å². The molecule has 0 radical (unpaired) electrons. The zero-order valence-electron chi connectivity index (χ0n) is 12.2. The molecule has 0 saturated carbocycles. The lowest BCUT2D eigenvalue weighted by atomic mass is 10.0. The molecular formula is C17H19ClFNO. The molecule has 2 nitrogen and oxygen atoms in total. The Hall–Kier alpha value is -1.58. The molecule has 0 bridgehead atoms. The number of halogens is 2. The maximum Gasteiger partial charge on any atom is 0.128 e. The van der Waals surface area contributed by atoms with Crippen molar-refractivity contribution >= 4 is 11.6 Å². The Morgan fingerprint density at radius 3 is 2.76 bits per heavy atom. The summed E-state index contributed by atoms with van der Waals surface area (Å²) in [6, 6.07) is 12.1. The number of aryl methyl sites for hydroxylation is 1. The third-order valence-corrected chi connectivity index (χ3v) is 3.43. The quantitative estimate of drug-likeness (QED) is 0.847. The van der Waals surface area contributed by atoms with E-state index in [1.807, 2.05) is 32.0 Å². The molecule has 0 amide bonds. The van der Waals surface area contributed by atoms with Crippen LogP contribution in [0.3, 0.4) is 0 Å². The average Bonchev–Trinajstić information content (AvgIpc) is 2.46. The Morgan fingerprint density at radius 2 is 2.05 bits per heavy atom. The number of hydrogen-bond donors (Lipinski definition) is 1.